The number of pyridine rings is 1. The van der Waals surface area contributed by atoms with Crippen LogP contribution in [0.25, 0.3) is 22.4 Å². The second-order valence-corrected chi connectivity index (χ2v) is 9.22. The van der Waals surface area contributed by atoms with Gasteiger partial charge < -0.3 is 19.5 Å². The number of anilines is 1. The van der Waals surface area contributed by atoms with Gasteiger partial charge in [0.2, 0.25) is 0 Å². The van der Waals surface area contributed by atoms with Gasteiger partial charge in [0.15, 0.2) is 5.82 Å². The number of ether oxygens (including phenoxy) is 1. The number of fused-ring (bicyclic) bond motifs is 1. The summed E-state index contributed by atoms with van der Waals surface area (Å²) in [6, 6.07) is 8.79. The molecule has 9 heteroatoms. The summed E-state index contributed by atoms with van der Waals surface area (Å²) in [5.74, 6) is 1.68. The minimum atomic E-state index is 0.213. The van der Waals surface area contributed by atoms with Crippen molar-refractivity contribution in [2.24, 2.45) is 0 Å². The highest BCUT2D eigenvalue weighted by molar-refractivity contribution is 5.96. The van der Waals surface area contributed by atoms with Crippen LogP contribution in [0.4, 0.5) is 5.82 Å². The zero-order chi connectivity index (χ0) is 23.8. The molecule has 34 heavy (non-hydrogen) atoms. The molecule has 2 aliphatic rings. The van der Waals surface area contributed by atoms with Gasteiger partial charge in [-0.25, -0.2) is 4.98 Å². The Morgan fingerprint density at radius 2 is 1.97 bits per heavy atom. The van der Waals surface area contributed by atoms with Gasteiger partial charge in [-0.1, -0.05) is 5.16 Å². The van der Waals surface area contributed by atoms with Crippen LogP contribution in [0.3, 0.4) is 0 Å². The molecule has 0 amide bonds. The Kier molecular flexibility index (Phi) is 5.91. The van der Waals surface area contributed by atoms with Crippen LogP contribution in [0.15, 0.2) is 16.7 Å². The Labute approximate surface area is 198 Å². The molecule has 2 aliphatic heterocycles. The summed E-state index contributed by atoms with van der Waals surface area (Å²) in [7, 11) is 0. The van der Waals surface area contributed by atoms with Gasteiger partial charge in [0.1, 0.15) is 11.9 Å². The van der Waals surface area contributed by atoms with E-state index in [4.69, 9.17) is 14.2 Å². The second kappa shape index (κ2) is 9.02. The number of nitrogens with zero attached hydrogens (tertiary/aromatic N) is 6. The predicted molar refractivity (Wildman–Crippen MR) is 126 cm³/mol. The van der Waals surface area contributed by atoms with Gasteiger partial charge in [0.25, 0.3) is 5.89 Å². The molecular weight excluding hydrogens is 430 g/mol. The summed E-state index contributed by atoms with van der Waals surface area (Å²) in [6.45, 7) is 8.36. The smallest absolute Gasteiger partial charge is 0.261 e. The number of rotatable bonds is 4. The van der Waals surface area contributed by atoms with Gasteiger partial charge in [-0.2, -0.15) is 15.5 Å². The minimum Gasteiger partial charge on any atom is -0.380 e. The fraction of sp³-hybridized carbons (Fsp3) is 0.480. The van der Waals surface area contributed by atoms with E-state index in [1.165, 1.54) is 0 Å². The van der Waals surface area contributed by atoms with Gasteiger partial charge in [-0.05, 0) is 57.7 Å². The van der Waals surface area contributed by atoms with E-state index in [1.807, 2.05) is 6.92 Å². The normalized spacial score (nSPS) is 22.6. The van der Waals surface area contributed by atoms with Crippen molar-refractivity contribution in [2.45, 2.75) is 58.2 Å². The van der Waals surface area contributed by atoms with Crippen molar-refractivity contribution in [3.05, 3.63) is 34.6 Å². The van der Waals surface area contributed by atoms with Gasteiger partial charge in [0.05, 0.1) is 34.9 Å². The number of nitriles is 2. The van der Waals surface area contributed by atoms with Crippen LogP contribution in [0.5, 0.6) is 0 Å². The molecule has 1 aromatic carbocycles. The van der Waals surface area contributed by atoms with Crippen molar-refractivity contribution in [1.29, 1.82) is 10.5 Å². The third-order valence-electron chi connectivity index (χ3n) is 6.87. The number of hydrogen-bond acceptors (Lipinski definition) is 9. The van der Waals surface area contributed by atoms with E-state index >= 15 is 0 Å². The third-order valence-corrected chi connectivity index (χ3v) is 6.87. The molecule has 2 saturated heterocycles. The largest absolute Gasteiger partial charge is 0.380 e. The lowest BCUT2D eigenvalue weighted by molar-refractivity contribution is 0.185. The van der Waals surface area contributed by atoms with E-state index in [1.54, 1.807) is 19.1 Å². The lowest BCUT2D eigenvalue weighted by Gasteiger charge is -2.40. The predicted octanol–water partition coefficient (Wildman–Crippen LogP) is 3.38. The highest BCUT2D eigenvalue weighted by Crippen LogP contribution is 2.39. The van der Waals surface area contributed by atoms with Crippen LogP contribution in [0.2, 0.25) is 0 Å². The first-order chi connectivity index (χ1) is 16.5. The van der Waals surface area contributed by atoms with Crippen LogP contribution in [0.1, 0.15) is 48.7 Å². The highest BCUT2D eigenvalue weighted by atomic mass is 16.5. The molecule has 2 fully saturated rings. The first-order valence-electron chi connectivity index (χ1n) is 11.7. The molecular formula is C25H27N7O2. The number of aromatic nitrogens is 3. The second-order valence-electron chi connectivity index (χ2n) is 9.22. The van der Waals surface area contributed by atoms with E-state index in [9.17, 15) is 10.5 Å². The molecule has 5 rings (SSSR count). The van der Waals surface area contributed by atoms with E-state index in [0.717, 1.165) is 61.4 Å². The Bertz CT molecular complexity index is 1310. The molecule has 1 N–H and O–H groups in total. The van der Waals surface area contributed by atoms with Gasteiger partial charge in [-0.15, -0.1) is 0 Å². The molecule has 3 aromatic rings. The number of nitrogens with one attached hydrogen (secondary N) is 1. The Balaban J connectivity index is 1.59. The Morgan fingerprint density at radius 1 is 1.12 bits per heavy atom. The van der Waals surface area contributed by atoms with Gasteiger partial charge in [0, 0.05) is 36.7 Å². The SMILES string of the molecule is Cc1noc(-c2c(N3CC[C@@H](NC4CCOC4)C[C@H]3C)nc3c(C#N)cc(C#N)cc3c2C)n1. The topological polar surface area (TPSA) is 124 Å². The van der Waals surface area contributed by atoms with Crippen LogP contribution in [-0.4, -0.2) is 53.0 Å². The van der Waals surface area contributed by atoms with E-state index < -0.39 is 0 Å². The zero-order valence-electron chi connectivity index (χ0n) is 19.6. The monoisotopic (exact) mass is 457 g/mol. The number of aryl methyl sites for hydroxylation is 2. The van der Waals surface area contributed by atoms with Crippen molar-refractivity contribution < 1.29 is 9.26 Å². The summed E-state index contributed by atoms with van der Waals surface area (Å²) in [5, 5.41) is 27.8. The van der Waals surface area contributed by atoms with Gasteiger partial charge in [-0.3, -0.25) is 0 Å². The van der Waals surface area contributed by atoms with Crippen LogP contribution >= 0.6 is 0 Å². The van der Waals surface area contributed by atoms with E-state index in [2.05, 4.69) is 39.4 Å². The van der Waals surface area contributed by atoms with Crippen molar-refractivity contribution in [1.82, 2.24) is 20.4 Å². The standard InChI is InChI=1S/C25H27N7O2/c1-14-8-19(29-20-5-7-33-13-20)4-6-32(14)24-22(25-28-16(3)31-34-25)15(2)21-10-17(11-26)9-18(12-27)23(21)30-24/h9-10,14,19-20,29H,4-8,13H2,1-3H3/t14-,19-,20?/m1/s1. The fourth-order valence-electron chi connectivity index (χ4n) is 5.15. The van der Waals surface area contributed by atoms with Crippen molar-refractivity contribution >= 4 is 16.7 Å². The molecule has 2 aromatic heterocycles. The average Bonchev–Trinajstić information content (AvgIpc) is 3.50. The summed E-state index contributed by atoms with van der Waals surface area (Å²) in [5.41, 5.74) is 3.02. The van der Waals surface area contributed by atoms with Crippen molar-refractivity contribution in [3.63, 3.8) is 0 Å². The highest BCUT2D eigenvalue weighted by Gasteiger charge is 2.32. The third kappa shape index (κ3) is 3.98. The molecule has 0 saturated carbocycles. The first-order valence-corrected chi connectivity index (χ1v) is 11.7. The number of benzene rings is 1. The summed E-state index contributed by atoms with van der Waals surface area (Å²) in [4.78, 5) is 11.8. The molecule has 174 valence electrons. The van der Waals surface area contributed by atoms with Crippen LogP contribution in [0, 0.1) is 36.5 Å². The maximum Gasteiger partial charge on any atom is 0.261 e. The first kappa shape index (κ1) is 22.3. The molecule has 3 atom stereocenters. The maximum atomic E-state index is 9.79. The Hall–Kier alpha value is -3.53. The molecule has 0 bridgehead atoms. The molecule has 0 aliphatic carbocycles. The Morgan fingerprint density at radius 3 is 2.62 bits per heavy atom. The average molecular weight is 458 g/mol. The number of hydrogen-bond donors (Lipinski definition) is 1. The van der Waals surface area contributed by atoms with Crippen LogP contribution in [-0.2, 0) is 4.74 Å². The molecule has 4 heterocycles. The molecule has 9 nitrogen and oxygen atoms in total. The van der Waals surface area contributed by atoms with E-state index in [0.29, 0.717) is 40.4 Å². The molecule has 0 spiro atoms. The summed E-state index contributed by atoms with van der Waals surface area (Å²) in [6.07, 6.45) is 3.00. The van der Waals surface area contributed by atoms with Crippen molar-refractivity contribution in [3.8, 4) is 23.6 Å². The maximum absolute atomic E-state index is 9.79. The minimum absolute atomic E-state index is 0.213. The van der Waals surface area contributed by atoms with Crippen molar-refractivity contribution in [2.75, 3.05) is 24.7 Å². The molecule has 0 radical (unpaired) electrons. The lowest BCUT2D eigenvalue weighted by atomic mass is 9.94. The summed E-state index contributed by atoms with van der Waals surface area (Å²) < 4.78 is 11.1. The zero-order valence-corrected chi connectivity index (χ0v) is 19.6. The van der Waals surface area contributed by atoms with Crippen LogP contribution < -0.4 is 10.2 Å². The molecule has 1 unspecified atom stereocenters. The fourth-order valence-corrected chi connectivity index (χ4v) is 5.15. The van der Waals surface area contributed by atoms with E-state index in [-0.39, 0.29) is 6.04 Å². The quantitative estimate of drug-likeness (QED) is 0.628. The lowest BCUT2D eigenvalue weighted by Crippen LogP contribution is -2.50. The van der Waals surface area contributed by atoms with Gasteiger partial charge >= 0.3 is 0 Å². The number of piperidine rings is 1. The summed E-state index contributed by atoms with van der Waals surface area (Å²) >= 11 is 0.